The molecule has 0 aliphatic rings. The summed E-state index contributed by atoms with van der Waals surface area (Å²) in [7, 11) is -2.55. The lowest BCUT2D eigenvalue weighted by molar-refractivity contribution is -0.143. The van der Waals surface area contributed by atoms with Gasteiger partial charge in [0, 0.05) is 13.6 Å². The van der Waals surface area contributed by atoms with E-state index in [1.54, 1.807) is 6.92 Å². The highest BCUT2D eigenvalue weighted by Crippen LogP contribution is 2.33. The molecule has 118 valence electrons. The highest BCUT2D eigenvalue weighted by Gasteiger charge is 2.27. The Balaban J connectivity index is 2.90. The van der Waals surface area contributed by atoms with E-state index in [0.717, 1.165) is 21.7 Å². The molecule has 1 aromatic heterocycles. The maximum Gasteiger partial charge on any atom is 0.345 e. The second-order valence-electron chi connectivity index (χ2n) is 3.94. The molecule has 0 unspecified atom stereocenters. The molecular weight excluding hydrogens is 386 g/mol. The molecule has 1 heterocycles. The molecule has 0 saturated heterocycles. The number of halogens is 1. The smallest absolute Gasteiger partial charge is 0.345 e. The Morgan fingerprint density at radius 3 is 2.57 bits per heavy atom. The number of carbonyl (C=O) groups is 2. The predicted octanol–water partition coefficient (Wildman–Crippen LogP) is 1.78. The molecule has 7 nitrogen and oxygen atoms in total. The monoisotopic (exact) mass is 399 g/mol. The summed E-state index contributed by atoms with van der Waals surface area (Å²) in [5.74, 6) is -1.69. The molecule has 0 aliphatic carbocycles. The third-order valence-electron chi connectivity index (χ3n) is 2.49. The van der Waals surface area contributed by atoms with E-state index in [2.05, 4.69) is 15.9 Å². The van der Waals surface area contributed by atoms with Crippen molar-refractivity contribution >= 4 is 49.2 Å². The zero-order valence-electron chi connectivity index (χ0n) is 11.3. The van der Waals surface area contributed by atoms with E-state index in [9.17, 15) is 18.0 Å². The van der Waals surface area contributed by atoms with Crippen molar-refractivity contribution in [1.82, 2.24) is 4.31 Å². The third kappa shape index (κ3) is 4.50. The van der Waals surface area contributed by atoms with Crippen molar-refractivity contribution in [3.63, 3.8) is 0 Å². The van der Waals surface area contributed by atoms with Crippen LogP contribution in [-0.2, 0) is 19.6 Å². The second kappa shape index (κ2) is 7.34. The average Bonchev–Trinajstić information content (AvgIpc) is 2.79. The van der Waals surface area contributed by atoms with Gasteiger partial charge in [-0.3, -0.25) is 4.79 Å². The first kappa shape index (κ1) is 18.1. The number of esters is 1. The van der Waals surface area contributed by atoms with Crippen LogP contribution in [0.5, 0.6) is 0 Å². The molecule has 0 saturated carbocycles. The van der Waals surface area contributed by atoms with Gasteiger partial charge in [-0.1, -0.05) is 0 Å². The number of aromatic carboxylic acids is 1. The number of carbonyl (C=O) groups excluding carboxylic acids is 1. The van der Waals surface area contributed by atoms with Gasteiger partial charge >= 0.3 is 11.9 Å². The summed E-state index contributed by atoms with van der Waals surface area (Å²) in [6.07, 6.45) is -0.0723. The van der Waals surface area contributed by atoms with Crippen LogP contribution in [0.25, 0.3) is 0 Å². The van der Waals surface area contributed by atoms with E-state index in [-0.39, 0.29) is 33.1 Å². The van der Waals surface area contributed by atoms with Crippen LogP contribution in [0.3, 0.4) is 0 Å². The number of thiophene rings is 1. The summed E-state index contributed by atoms with van der Waals surface area (Å²) < 4.78 is 30.6. The topological polar surface area (TPSA) is 101 Å². The van der Waals surface area contributed by atoms with Crippen molar-refractivity contribution in [2.24, 2.45) is 0 Å². The van der Waals surface area contributed by atoms with Crippen LogP contribution < -0.4 is 0 Å². The number of nitrogens with zero attached hydrogens (tertiary/aromatic N) is 1. The van der Waals surface area contributed by atoms with Crippen LogP contribution >= 0.6 is 27.3 Å². The Kier molecular flexibility index (Phi) is 6.32. The van der Waals surface area contributed by atoms with Gasteiger partial charge in [0.2, 0.25) is 10.0 Å². The number of carboxylic acids is 1. The fourth-order valence-corrected chi connectivity index (χ4v) is 4.92. The lowest BCUT2D eigenvalue weighted by Crippen LogP contribution is -2.29. The van der Waals surface area contributed by atoms with E-state index >= 15 is 0 Å². The van der Waals surface area contributed by atoms with Crippen LogP contribution in [0.1, 0.15) is 23.0 Å². The molecule has 21 heavy (non-hydrogen) atoms. The minimum atomic E-state index is -3.87. The first-order valence-electron chi connectivity index (χ1n) is 5.84. The Bertz CT molecular complexity index is 639. The van der Waals surface area contributed by atoms with Gasteiger partial charge in [-0.05, 0) is 28.9 Å². The fourth-order valence-electron chi connectivity index (χ4n) is 1.40. The Hall–Kier alpha value is -0.970. The lowest BCUT2D eigenvalue weighted by atomic mass is 10.4. The summed E-state index contributed by atoms with van der Waals surface area (Å²) in [5.41, 5.74) is 0. The van der Waals surface area contributed by atoms with Gasteiger partial charge in [-0.15, -0.1) is 11.3 Å². The summed E-state index contributed by atoms with van der Waals surface area (Å²) in [5, 5.41) is 8.88. The average molecular weight is 400 g/mol. The van der Waals surface area contributed by atoms with Crippen molar-refractivity contribution in [3.8, 4) is 0 Å². The van der Waals surface area contributed by atoms with Gasteiger partial charge in [0.15, 0.2) is 0 Å². The zero-order valence-corrected chi connectivity index (χ0v) is 14.5. The maximum atomic E-state index is 12.3. The predicted molar refractivity (Wildman–Crippen MR) is 80.0 cm³/mol. The normalized spacial score (nSPS) is 11.6. The van der Waals surface area contributed by atoms with Crippen molar-refractivity contribution in [2.75, 3.05) is 20.2 Å². The fraction of sp³-hybridized carbons (Fsp3) is 0.455. The van der Waals surface area contributed by atoms with E-state index in [1.807, 2.05) is 0 Å². The molecule has 1 aromatic rings. The van der Waals surface area contributed by atoms with Gasteiger partial charge < -0.3 is 9.84 Å². The molecule has 0 amide bonds. The lowest BCUT2D eigenvalue weighted by Gasteiger charge is -2.16. The van der Waals surface area contributed by atoms with Gasteiger partial charge in [0.25, 0.3) is 0 Å². The number of sulfonamides is 1. The van der Waals surface area contributed by atoms with Crippen molar-refractivity contribution in [3.05, 3.63) is 14.7 Å². The van der Waals surface area contributed by atoms with E-state index in [1.165, 1.54) is 7.05 Å². The first-order valence-corrected chi connectivity index (χ1v) is 8.89. The standard InChI is InChI=1S/C11H14BrNO6S2/c1-3-19-9(14)4-5-13(2)21(17,18)8-6-7(11(15)16)20-10(8)12/h6H,3-5H2,1-2H3,(H,15,16). The minimum absolute atomic E-state index is 0.0497. The molecule has 0 atom stereocenters. The molecule has 10 heteroatoms. The van der Waals surface area contributed by atoms with Crippen molar-refractivity contribution in [2.45, 2.75) is 18.2 Å². The molecule has 0 bridgehead atoms. The SMILES string of the molecule is CCOC(=O)CCN(C)S(=O)(=O)c1cc(C(=O)O)sc1Br. The number of rotatable bonds is 7. The Morgan fingerprint density at radius 2 is 2.10 bits per heavy atom. The molecule has 1 N–H and O–H groups in total. The number of hydrogen-bond donors (Lipinski definition) is 1. The summed E-state index contributed by atoms with van der Waals surface area (Å²) in [6.45, 7) is 1.84. The van der Waals surface area contributed by atoms with Crippen LogP contribution in [0, 0.1) is 0 Å². The number of hydrogen-bond acceptors (Lipinski definition) is 6. The highest BCUT2D eigenvalue weighted by atomic mass is 79.9. The largest absolute Gasteiger partial charge is 0.477 e. The summed E-state index contributed by atoms with van der Waals surface area (Å²) >= 11 is 3.87. The van der Waals surface area contributed by atoms with Crippen LogP contribution in [0.15, 0.2) is 14.7 Å². The zero-order chi connectivity index (χ0) is 16.2. The van der Waals surface area contributed by atoms with Crippen molar-refractivity contribution in [1.29, 1.82) is 0 Å². The molecule has 0 radical (unpaired) electrons. The Morgan fingerprint density at radius 1 is 1.48 bits per heavy atom. The maximum absolute atomic E-state index is 12.3. The minimum Gasteiger partial charge on any atom is -0.477 e. The molecule has 0 aromatic carbocycles. The van der Waals surface area contributed by atoms with Gasteiger partial charge in [0.1, 0.15) is 9.77 Å². The molecule has 1 rings (SSSR count). The summed E-state index contributed by atoms with van der Waals surface area (Å²) in [4.78, 5) is 21.9. The highest BCUT2D eigenvalue weighted by molar-refractivity contribution is 9.11. The van der Waals surface area contributed by atoms with E-state index in [0.29, 0.717) is 0 Å². The van der Waals surface area contributed by atoms with Crippen LogP contribution in [0.2, 0.25) is 0 Å². The Labute approximate surface area is 134 Å². The van der Waals surface area contributed by atoms with Crippen LogP contribution in [0.4, 0.5) is 0 Å². The van der Waals surface area contributed by atoms with E-state index in [4.69, 9.17) is 9.84 Å². The van der Waals surface area contributed by atoms with Crippen molar-refractivity contribution < 1.29 is 27.9 Å². The summed E-state index contributed by atoms with van der Waals surface area (Å²) in [6, 6.07) is 1.09. The first-order chi connectivity index (χ1) is 9.70. The molecule has 0 aliphatic heterocycles. The van der Waals surface area contributed by atoms with Gasteiger partial charge in [0.05, 0.1) is 16.8 Å². The van der Waals surface area contributed by atoms with Gasteiger partial charge in [-0.25, -0.2) is 17.5 Å². The van der Waals surface area contributed by atoms with Crippen LogP contribution in [-0.4, -0.2) is 50.0 Å². The third-order valence-corrected chi connectivity index (χ3v) is 6.59. The molecule has 0 spiro atoms. The van der Waals surface area contributed by atoms with E-state index < -0.39 is 22.0 Å². The number of carboxylic acid groups (broad SMARTS) is 1. The molecule has 0 fully saturated rings. The quantitative estimate of drug-likeness (QED) is 0.701. The van der Waals surface area contributed by atoms with Gasteiger partial charge in [-0.2, -0.15) is 0 Å². The molecular formula is C11H14BrNO6S2. The second-order valence-corrected chi connectivity index (χ2v) is 8.32. The number of ether oxygens (including phenoxy) is 1.